The fourth-order valence-electron chi connectivity index (χ4n) is 5.49. The minimum absolute atomic E-state index is 0.233. The topological polar surface area (TPSA) is 115 Å². The number of likely N-dealkylation sites (tertiary alicyclic amines) is 1. The van der Waals surface area contributed by atoms with Crippen LogP contribution in [-0.2, 0) is 11.2 Å². The van der Waals surface area contributed by atoms with Crippen LogP contribution in [0.3, 0.4) is 0 Å². The Kier molecular flexibility index (Phi) is 8.54. The fourth-order valence-corrected chi connectivity index (χ4v) is 5.49. The zero-order valence-electron chi connectivity index (χ0n) is 23.6. The third-order valence-electron chi connectivity index (χ3n) is 8.24. The Balaban J connectivity index is 1.50. The molecule has 3 N–H and O–H groups in total. The third kappa shape index (κ3) is 6.14. The summed E-state index contributed by atoms with van der Waals surface area (Å²) in [6, 6.07) is 12.6. The summed E-state index contributed by atoms with van der Waals surface area (Å²) in [6.45, 7) is 8.98. The van der Waals surface area contributed by atoms with Crippen molar-refractivity contribution < 1.29 is 19.1 Å². The first-order chi connectivity index (χ1) is 18.9. The molecule has 8 nitrogen and oxygen atoms in total. The zero-order valence-corrected chi connectivity index (χ0v) is 23.6. The Morgan fingerprint density at radius 3 is 2.58 bits per heavy atom. The van der Waals surface area contributed by atoms with Crippen LogP contribution in [0.15, 0.2) is 53.3 Å². The molecule has 40 heavy (non-hydrogen) atoms. The number of nitrogens with one attached hydrogen (secondary N) is 2. The molecule has 0 spiro atoms. The lowest BCUT2D eigenvalue weighted by Gasteiger charge is -2.42. The van der Waals surface area contributed by atoms with Gasteiger partial charge in [0.1, 0.15) is 5.82 Å². The van der Waals surface area contributed by atoms with E-state index in [0.29, 0.717) is 41.6 Å². The molecule has 0 radical (unpaired) electrons. The molecule has 1 fully saturated rings. The summed E-state index contributed by atoms with van der Waals surface area (Å²) in [5, 5.41) is 19.6. The summed E-state index contributed by atoms with van der Waals surface area (Å²) in [6.07, 6.45) is 1.01. The SMILES string of the molecule is Cc1cc(Cc2ccc(C(=O)NCC(=O)N3C(C(C)(C)C(C)O)CC[C@H]3c3cccc(F)c3)cc2C)c(=O)[nH]n1. The molecule has 4 rings (SSSR count). The maximum Gasteiger partial charge on any atom is 0.267 e. The lowest BCUT2D eigenvalue weighted by atomic mass is 9.78. The van der Waals surface area contributed by atoms with Crippen molar-refractivity contribution in [3.63, 3.8) is 0 Å². The van der Waals surface area contributed by atoms with Crippen LogP contribution >= 0.6 is 0 Å². The van der Waals surface area contributed by atoms with E-state index in [1.54, 1.807) is 49.1 Å². The number of benzene rings is 2. The van der Waals surface area contributed by atoms with Crippen molar-refractivity contribution in [2.45, 2.75) is 72.1 Å². The highest BCUT2D eigenvalue weighted by Crippen LogP contribution is 2.44. The highest BCUT2D eigenvalue weighted by atomic mass is 19.1. The molecule has 0 aliphatic carbocycles. The molecule has 9 heteroatoms. The van der Waals surface area contributed by atoms with Crippen molar-refractivity contribution in [1.82, 2.24) is 20.4 Å². The molecule has 2 aromatic carbocycles. The van der Waals surface area contributed by atoms with E-state index < -0.39 is 17.4 Å². The second-order valence-electron chi connectivity index (χ2n) is 11.3. The van der Waals surface area contributed by atoms with E-state index in [-0.39, 0.29) is 35.9 Å². The van der Waals surface area contributed by atoms with Crippen LogP contribution in [0.2, 0.25) is 0 Å². The molecule has 2 heterocycles. The van der Waals surface area contributed by atoms with Gasteiger partial charge in [0.2, 0.25) is 5.91 Å². The maximum atomic E-state index is 14.0. The van der Waals surface area contributed by atoms with Crippen molar-refractivity contribution in [1.29, 1.82) is 0 Å². The van der Waals surface area contributed by atoms with Crippen LogP contribution < -0.4 is 10.9 Å². The lowest BCUT2D eigenvalue weighted by Crippen LogP contribution is -2.51. The number of carbonyl (C=O) groups is 2. The first kappa shape index (κ1) is 29.1. The van der Waals surface area contributed by atoms with E-state index in [1.807, 2.05) is 26.8 Å². The van der Waals surface area contributed by atoms with E-state index >= 15 is 0 Å². The molecule has 1 aliphatic rings. The second kappa shape index (κ2) is 11.7. The van der Waals surface area contributed by atoms with Gasteiger partial charge in [0.15, 0.2) is 0 Å². The van der Waals surface area contributed by atoms with Crippen LogP contribution in [0.5, 0.6) is 0 Å². The highest BCUT2D eigenvalue weighted by Gasteiger charge is 2.47. The summed E-state index contributed by atoms with van der Waals surface area (Å²) >= 11 is 0. The number of aromatic amines is 1. The fraction of sp³-hybridized carbons (Fsp3) is 0.419. The number of carbonyl (C=O) groups excluding carboxylic acids is 2. The number of aliphatic hydroxyl groups excluding tert-OH is 1. The Labute approximate surface area is 233 Å². The molecule has 212 valence electrons. The average molecular weight is 549 g/mol. The van der Waals surface area contributed by atoms with E-state index in [9.17, 15) is 23.9 Å². The summed E-state index contributed by atoms with van der Waals surface area (Å²) in [5.74, 6) is -1.06. The summed E-state index contributed by atoms with van der Waals surface area (Å²) < 4.78 is 14.0. The minimum Gasteiger partial charge on any atom is -0.393 e. The van der Waals surface area contributed by atoms with E-state index in [4.69, 9.17) is 0 Å². The van der Waals surface area contributed by atoms with Gasteiger partial charge in [-0.3, -0.25) is 14.4 Å². The van der Waals surface area contributed by atoms with Gasteiger partial charge in [0, 0.05) is 29.0 Å². The van der Waals surface area contributed by atoms with Crippen LogP contribution in [-0.4, -0.2) is 50.7 Å². The molecule has 0 bridgehead atoms. The van der Waals surface area contributed by atoms with Crippen molar-refractivity contribution in [2.24, 2.45) is 5.41 Å². The predicted molar refractivity (Wildman–Crippen MR) is 150 cm³/mol. The van der Waals surface area contributed by atoms with Crippen LogP contribution in [0.25, 0.3) is 0 Å². The third-order valence-corrected chi connectivity index (χ3v) is 8.24. The number of hydrogen-bond donors (Lipinski definition) is 3. The van der Waals surface area contributed by atoms with Crippen LogP contribution in [0, 0.1) is 25.1 Å². The lowest BCUT2D eigenvalue weighted by molar-refractivity contribution is -0.137. The zero-order chi connectivity index (χ0) is 29.2. The Bertz CT molecular complexity index is 1470. The highest BCUT2D eigenvalue weighted by molar-refractivity contribution is 5.96. The van der Waals surface area contributed by atoms with Crippen LogP contribution in [0.4, 0.5) is 4.39 Å². The second-order valence-corrected chi connectivity index (χ2v) is 11.3. The molecule has 1 aromatic heterocycles. The predicted octanol–water partition coefficient (Wildman–Crippen LogP) is 3.99. The average Bonchev–Trinajstić information content (AvgIpc) is 3.36. The first-order valence-electron chi connectivity index (χ1n) is 13.6. The van der Waals surface area contributed by atoms with Gasteiger partial charge in [-0.15, -0.1) is 0 Å². The van der Waals surface area contributed by atoms with Gasteiger partial charge in [-0.2, -0.15) is 5.10 Å². The van der Waals surface area contributed by atoms with E-state index in [0.717, 1.165) is 11.1 Å². The molecule has 3 aromatic rings. The summed E-state index contributed by atoms with van der Waals surface area (Å²) in [4.78, 5) is 40.5. The maximum absolute atomic E-state index is 14.0. The van der Waals surface area contributed by atoms with Crippen molar-refractivity contribution >= 4 is 11.8 Å². The van der Waals surface area contributed by atoms with Gasteiger partial charge in [0.25, 0.3) is 11.5 Å². The number of hydrogen-bond acceptors (Lipinski definition) is 5. The number of nitrogens with zero attached hydrogens (tertiary/aromatic N) is 2. The molecule has 0 saturated carbocycles. The summed E-state index contributed by atoms with van der Waals surface area (Å²) in [5.41, 5.74) is 3.29. The largest absolute Gasteiger partial charge is 0.393 e. The molecule has 1 saturated heterocycles. The van der Waals surface area contributed by atoms with Gasteiger partial charge in [-0.05, 0) is 80.6 Å². The van der Waals surface area contributed by atoms with Crippen molar-refractivity contribution in [2.75, 3.05) is 6.54 Å². The number of rotatable bonds is 8. The molecule has 2 unspecified atom stereocenters. The van der Waals surface area contributed by atoms with E-state index in [1.165, 1.54) is 12.1 Å². The van der Waals surface area contributed by atoms with Crippen molar-refractivity contribution in [3.8, 4) is 0 Å². The number of aryl methyl sites for hydroxylation is 2. The molecular weight excluding hydrogens is 511 g/mol. The van der Waals surface area contributed by atoms with Crippen LogP contribution in [0.1, 0.15) is 78.0 Å². The van der Waals surface area contributed by atoms with Crippen molar-refractivity contribution in [3.05, 3.63) is 98.2 Å². The molecular formula is C31H37FN4O4. The van der Waals surface area contributed by atoms with Gasteiger partial charge in [-0.25, -0.2) is 9.49 Å². The van der Waals surface area contributed by atoms with Gasteiger partial charge < -0.3 is 15.3 Å². The molecule has 1 aliphatic heterocycles. The smallest absolute Gasteiger partial charge is 0.267 e. The first-order valence-corrected chi connectivity index (χ1v) is 13.6. The minimum atomic E-state index is -0.679. The van der Waals surface area contributed by atoms with Gasteiger partial charge in [0.05, 0.1) is 24.4 Å². The summed E-state index contributed by atoms with van der Waals surface area (Å²) in [7, 11) is 0. The Hall–Kier alpha value is -3.85. The van der Waals surface area contributed by atoms with Gasteiger partial charge >= 0.3 is 0 Å². The number of halogens is 1. The van der Waals surface area contributed by atoms with E-state index in [2.05, 4.69) is 15.5 Å². The Morgan fingerprint density at radius 1 is 1.15 bits per heavy atom. The monoisotopic (exact) mass is 548 g/mol. The number of aliphatic hydroxyl groups is 1. The Morgan fingerprint density at radius 2 is 1.90 bits per heavy atom. The van der Waals surface area contributed by atoms with Gasteiger partial charge in [-0.1, -0.05) is 32.0 Å². The molecule has 3 atom stereocenters. The number of H-pyrrole nitrogens is 1. The number of aromatic nitrogens is 2. The quantitative estimate of drug-likeness (QED) is 0.394. The molecule has 2 amide bonds. The normalized spacial score (nSPS) is 18.0. The number of amides is 2. The standard InChI is InChI=1S/C31H37FN4O4/c1-18-13-23(10-9-21(18)15-24-14-19(2)34-35-30(24)40)29(39)33-17-28(38)36-26(22-7-6-8-25(32)16-22)11-12-27(36)31(4,5)20(3)37/h6-10,13-14,16,20,26-27,37H,11-12,15,17H2,1-5H3,(H,33,39)(H,35,40)/t20?,26-,27?/m0/s1.